The topological polar surface area (TPSA) is 12.0 Å². The maximum Gasteiger partial charge on any atom is 0.142 e. The zero-order chi connectivity index (χ0) is 14.1. The van der Waals surface area contributed by atoms with Crippen LogP contribution in [0.3, 0.4) is 0 Å². The molecule has 0 fully saturated rings. The van der Waals surface area contributed by atoms with Crippen LogP contribution in [0.2, 0.25) is 5.02 Å². The Morgan fingerprint density at radius 3 is 2.55 bits per heavy atom. The van der Waals surface area contributed by atoms with E-state index >= 15 is 0 Å². The number of benzene rings is 2. The molecule has 1 nitrogen and oxygen atoms in total. The van der Waals surface area contributed by atoms with Gasteiger partial charge in [0.05, 0.1) is 5.02 Å². The number of halogens is 2. The molecule has 20 heavy (non-hydrogen) atoms. The van der Waals surface area contributed by atoms with Crippen LogP contribution in [0.15, 0.2) is 42.5 Å². The van der Waals surface area contributed by atoms with Gasteiger partial charge in [-0.05, 0) is 48.7 Å². The highest BCUT2D eigenvalue weighted by atomic mass is 35.5. The Kier molecular flexibility index (Phi) is 3.77. The van der Waals surface area contributed by atoms with Crippen molar-refractivity contribution in [2.24, 2.45) is 0 Å². The lowest BCUT2D eigenvalue weighted by atomic mass is 9.77. The van der Waals surface area contributed by atoms with Crippen molar-refractivity contribution in [2.45, 2.75) is 24.8 Å². The van der Waals surface area contributed by atoms with Gasteiger partial charge in [-0.3, -0.25) is 0 Å². The third-order valence-electron chi connectivity index (χ3n) is 4.19. The van der Waals surface area contributed by atoms with Gasteiger partial charge in [0.2, 0.25) is 0 Å². The molecule has 1 aliphatic carbocycles. The molecule has 1 N–H and O–H groups in total. The first-order valence-corrected chi connectivity index (χ1v) is 7.29. The Labute approximate surface area is 123 Å². The lowest BCUT2D eigenvalue weighted by Gasteiger charge is -2.31. The molecule has 2 atom stereocenters. The summed E-state index contributed by atoms with van der Waals surface area (Å²) in [6.45, 7) is 0. The van der Waals surface area contributed by atoms with Crippen LogP contribution in [0, 0.1) is 5.82 Å². The van der Waals surface area contributed by atoms with Gasteiger partial charge in [-0.15, -0.1) is 0 Å². The summed E-state index contributed by atoms with van der Waals surface area (Å²) in [6, 6.07) is 14.0. The summed E-state index contributed by atoms with van der Waals surface area (Å²) in [6.07, 6.45) is 2.08. The highest BCUT2D eigenvalue weighted by molar-refractivity contribution is 6.30. The molecule has 0 saturated heterocycles. The molecule has 2 aromatic carbocycles. The second-order valence-electron chi connectivity index (χ2n) is 5.27. The summed E-state index contributed by atoms with van der Waals surface area (Å²) >= 11 is 5.78. The van der Waals surface area contributed by atoms with E-state index in [1.165, 1.54) is 11.1 Å². The molecular weight excluding hydrogens is 273 g/mol. The lowest BCUT2D eigenvalue weighted by Crippen LogP contribution is -2.24. The molecule has 0 unspecified atom stereocenters. The minimum absolute atomic E-state index is 0.186. The first-order chi connectivity index (χ1) is 9.70. The first-order valence-electron chi connectivity index (χ1n) is 6.91. The van der Waals surface area contributed by atoms with Crippen molar-refractivity contribution in [1.82, 2.24) is 5.32 Å². The van der Waals surface area contributed by atoms with E-state index in [2.05, 4.69) is 29.6 Å². The summed E-state index contributed by atoms with van der Waals surface area (Å²) < 4.78 is 13.7. The van der Waals surface area contributed by atoms with Crippen LogP contribution < -0.4 is 5.32 Å². The van der Waals surface area contributed by atoms with E-state index in [4.69, 9.17) is 11.6 Å². The molecule has 0 heterocycles. The van der Waals surface area contributed by atoms with Crippen molar-refractivity contribution >= 4 is 11.6 Å². The molecule has 0 amide bonds. The summed E-state index contributed by atoms with van der Waals surface area (Å²) in [5, 5.41) is 3.54. The van der Waals surface area contributed by atoms with E-state index < -0.39 is 0 Å². The van der Waals surface area contributed by atoms with E-state index in [0.717, 1.165) is 18.4 Å². The predicted octanol–water partition coefficient (Wildman–Crippen LogP) is 4.67. The van der Waals surface area contributed by atoms with Gasteiger partial charge in [0, 0.05) is 12.0 Å². The highest BCUT2D eigenvalue weighted by Crippen LogP contribution is 2.41. The van der Waals surface area contributed by atoms with Gasteiger partial charge in [0.1, 0.15) is 5.82 Å². The average molecular weight is 290 g/mol. The number of fused-ring (bicyclic) bond motifs is 1. The molecule has 0 radical (unpaired) electrons. The standard InChI is InChI=1S/C17H17ClFN/c1-20-17-9-7-12(13-4-2-3-5-14(13)17)11-6-8-15(18)16(19)10-11/h2-6,8,10,12,17,20H,7,9H2,1H3/t12-,17-/m0/s1. The fraction of sp³-hybridized carbons (Fsp3) is 0.294. The monoisotopic (exact) mass is 289 g/mol. The van der Waals surface area contributed by atoms with Crippen LogP contribution >= 0.6 is 11.6 Å². The summed E-state index contributed by atoms with van der Waals surface area (Å²) in [5.41, 5.74) is 3.62. The molecule has 0 spiro atoms. The van der Waals surface area contributed by atoms with Crippen molar-refractivity contribution in [1.29, 1.82) is 0 Å². The maximum atomic E-state index is 13.7. The molecule has 2 aromatic rings. The van der Waals surface area contributed by atoms with Gasteiger partial charge < -0.3 is 5.32 Å². The normalized spacial score (nSPS) is 21.6. The van der Waals surface area contributed by atoms with E-state index in [1.54, 1.807) is 12.1 Å². The van der Waals surface area contributed by atoms with Gasteiger partial charge >= 0.3 is 0 Å². The number of rotatable bonds is 2. The predicted molar refractivity (Wildman–Crippen MR) is 80.7 cm³/mol. The number of hydrogen-bond donors (Lipinski definition) is 1. The maximum absolute atomic E-state index is 13.7. The second kappa shape index (κ2) is 5.55. The Morgan fingerprint density at radius 2 is 1.85 bits per heavy atom. The molecule has 1 aliphatic rings. The lowest BCUT2D eigenvalue weighted by molar-refractivity contribution is 0.470. The summed E-state index contributed by atoms with van der Waals surface area (Å²) in [4.78, 5) is 0. The summed E-state index contributed by atoms with van der Waals surface area (Å²) in [7, 11) is 1.99. The van der Waals surface area contributed by atoms with Crippen molar-refractivity contribution in [2.75, 3.05) is 7.05 Å². The second-order valence-corrected chi connectivity index (χ2v) is 5.68. The van der Waals surface area contributed by atoms with E-state index in [9.17, 15) is 4.39 Å². The SMILES string of the molecule is CN[C@H]1CC[C@@H](c2ccc(Cl)c(F)c2)c2ccccc21. The molecule has 0 aromatic heterocycles. The van der Waals surface area contributed by atoms with E-state index in [-0.39, 0.29) is 16.8 Å². The number of nitrogens with one attached hydrogen (secondary N) is 1. The smallest absolute Gasteiger partial charge is 0.142 e. The summed E-state index contributed by atoms with van der Waals surface area (Å²) in [5.74, 6) is -0.0834. The van der Waals surface area contributed by atoms with Crippen molar-refractivity contribution in [3.63, 3.8) is 0 Å². The highest BCUT2D eigenvalue weighted by Gasteiger charge is 2.27. The zero-order valence-corrected chi connectivity index (χ0v) is 12.1. The van der Waals surface area contributed by atoms with Crippen LogP contribution in [-0.2, 0) is 0 Å². The van der Waals surface area contributed by atoms with Crippen LogP contribution in [0.4, 0.5) is 4.39 Å². The van der Waals surface area contributed by atoms with Crippen LogP contribution in [0.25, 0.3) is 0 Å². The number of hydrogen-bond acceptors (Lipinski definition) is 1. The van der Waals surface area contributed by atoms with Gasteiger partial charge in [0.15, 0.2) is 0 Å². The Balaban J connectivity index is 2.05. The van der Waals surface area contributed by atoms with Crippen LogP contribution in [0.1, 0.15) is 41.5 Å². The van der Waals surface area contributed by atoms with E-state index in [0.29, 0.717) is 6.04 Å². The van der Waals surface area contributed by atoms with Gasteiger partial charge in [-0.2, -0.15) is 0 Å². The van der Waals surface area contributed by atoms with Crippen molar-refractivity contribution in [3.05, 3.63) is 70.0 Å². The third-order valence-corrected chi connectivity index (χ3v) is 4.49. The van der Waals surface area contributed by atoms with E-state index in [1.807, 2.05) is 13.1 Å². The molecule has 104 valence electrons. The third kappa shape index (κ3) is 2.34. The minimum Gasteiger partial charge on any atom is -0.313 e. The zero-order valence-electron chi connectivity index (χ0n) is 11.4. The van der Waals surface area contributed by atoms with Crippen molar-refractivity contribution < 1.29 is 4.39 Å². The molecular formula is C17H17ClFN. The molecule has 3 rings (SSSR count). The quantitative estimate of drug-likeness (QED) is 0.847. The van der Waals surface area contributed by atoms with Crippen LogP contribution in [0.5, 0.6) is 0 Å². The molecule has 0 saturated carbocycles. The van der Waals surface area contributed by atoms with Crippen LogP contribution in [-0.4, -0.2) is 7.05 Å². The van der Waals surface area contributed by atoms with Gasteiger partial charge in [-0.1, -0.05) is 41.9 Å². The molecule has 0 bridgehead atoms. The average Bonchev–Trinajstić information content (AvgIpc) is 2.49. The Morgan fingerprint density at radius 1 is 1.10 bits per heavy atom. The fourth-order valence-corrected chi connectivity index (χ4v) is 3.28. The first kappa shape index (κ1) is 13.6. The Hall–Kier alpha value is -1.38. The fourth-order valence-electron chi connectivity index (χ4n) is 3.17. The minimum atomic E-state index is -0.336. The largest absolute Gasteiger partial charge is 0.313 e. The van der Waals surface area contributed by atoms with Crippen molar-refractivity contribution in [3.8, 4) is 0 Å². The molecule has 0 aliphatic heterocycles. The molecule has 3 heteroatoms. The van der Waals surface area contributed by atoms with Gasteiger partial charge in [0.25, 0.3) is 0 Å². The van der Waals surface area contributed by atoms with Gasteiger partial charge in [-0.25, -0.2) is 4.39 Å². The Bertz CT molecular complexity index is 626.